The van der Waals surface area contributed by atoms with Crippen LogP contribution >= 0.6 is 0 Å². The van der Waals surface area contributed by atoms with E-state index in [2.05, 4.69) is 10.6 Å². The van der Waals surface area contributed by atoms with Crippen LogP contribution in [0.2, 0.25) is 6.32 Å². The van der Waals surface area contributed by atoms with E-state index in [1.165, 1.54) is 11.8 Å². The van der Waals surface area contributed by atoms with Crippen molar-refractivity contribution in [3.05, 3.63) is 0 Å². The van der Waals surface area contributed by atoms with Gasteiger partial charge in [-0.1, -0.05) is 12.8 Å². The third kappa shape index (κ3) is 6.87. The van der Waals surface area contributed by atoms with Gasteiger partial charge in [0, 0.05) is 25.6 Å². The molecule has 0 radical (unpaired) electrons. The van der Waals surface area contributed by atoms with E-state index in [1.54, 1.807) is 0 Å². The Balaban J connectivity index is 2.16. The number of hydrogen-bond acceptors (Lipinski definition) is 5. The molecule has 0 aromatic heterocycles. The van der Waals surface area contributed by atoms with Gasteiger partial charge in [0.2, 0.25) is 11.8 Å². The fraction of sp³-hybridized carbons (Fsp3) is 0.875. The first kappa shape index (κ1) is 28.4. The maximum Gasteiger partial charge on any atom is 0.457 e. The molecule has 194 valence electrons. The van der Waals surface area contributed by atoms with Gasteiger partial charge in [-0.3, -0.25) is 9.59 Å². The van der Waals surface area contributed by atoms with Gasteiger partial charge < -0.3 is 29.9 Å². The summed E-state index contributed by atoms with van der Waals surface area (Å²) in [5, 5.41) is 15.4. The van der Waals surface area contributed by atoms with E-state index in [0.717, 1.165) is 6.42 Å². The molecule has 2 saturated heterocycles. The summed E-state index contributed by atoms with van der Waals surface area (Å²) in [5.74, 6) is -0.638. The Morgan fingerprint density at radius 2 is 1.53 bits per heavy atom. The summed E-state index contributed by atoms with van der Waals surface area (Å²) >= 11 is 0. The molecule has 1 unspecified atom stereocenters. The molecule has 1 atom stereocenters. The summed E-state index contributed by atoms with van der Waals surface area (Å²) in [6.07, 6.45) is 2.70. The van der Waals surface area contributed by atoms with Crippen LogP contribution in [0.4, 0.5) is 4.79 Å². The van der Waals surface area contributed by atoms with Crippen LogP contribution in [0.25, 0.3) is 0 Å². The van der Waals surface area contributed by atoms with Crippen molar-refractivity contribution in [3.8, 4) is 0 Å². The SMILES string of the molecule is CC(=O)NC(CCCCB1OC(C)(C)C(C)(C)O1)(C(=O)NC(C)(C)C)C1CCN(C(=O)O)CC1. The van der Waals surface area contributed by atoms with E-state index in [4.69, 9.17) is 9.31 Å². The summed E-state index contributed by atoms with van der Waals surface area (Å²) in [4.78, 5) is 38.7. The molecule has 2 aliphatic rings. The number of unbranched alkanes of at least 4 members (excludes halogenated alkanes) is 1. The number of carbonyl (C=O) groups excluding carboxylic acids is 2. The van der Waals surface area contributed by atoms with Crippen molar-refractivity contribution in [3.63, 3.8) is 0 Å². The predicted octanol–water partition coefficient (Wildman–Crippen LogP) is 3.43. The first-order valence-electron chi connectivity index (χ1n) is 12.4. The molecule has 3 N–H and O–H groups in total. The van der Waals surface area contributed by atoms with Crippen molar-refractivity contribution in [2.24, 2.45) is 5.92 Å². The second-order valence-corrected chi connectivity index (χ2v) is 11.8. The molecule has 0 spiro atoms. The van der Waals surface area contributed by atoms with Gasteiger partial charge in [-0.2, -0.15) is 0 Å². The number of hydrogen-bond donors (Lipinski definition) is 3. The Kier molecular flexibility index (Phi) is 8.73. The van der Waals surface area contributed by atoms with E-state index in [9.17, 15) is 19.5 Å². The molecule has 2 heterocycles. The van der Waals surface area contributed by atoms with Crippen molar-refractivity contribution in [2.45, 2.75) is 116 Å². The van der Waals surface area contributed by atoms with Gasteiger partial charge in [-0.15, -0.1) is 0 Å². The largest absolute Gasteiger partial charge is 0.465 e. The van der Waals surface area contributed by atoms with Gasteiger partial charge in [-0.25, -0.2) is 4.79 Å². The number of carbonyl (C=O) groups is 3. The van der Waals surface area contributed by atoms with Crippen LogP contribution in [-0.2, 0) is 18.9 Å². The minimum atomic E-state index is -1.10. The normalized spacial score (nSPS) is 22.2. The standard InChI is InChI=1S/C24H44BN3O6/c1-17(29)26-24(19(30)27-21(2,3)4,18-11-15-28(16-12-18)20(31)32)13-9-10-14-25-33-22(5,6)23(7,8)34-25/h18H,9-16H2,1-8H3,(H,26,29)(H,27,30)(H,31,32). The van der Waals surface area contributed by atoms with Crippen molar-refractivity contribution in [2.75, 3.05) is 13.1 Å². The van der Waals surface area contributed by atoms with Gasteiger partial charge in [0.1, 0.15) is 5.54 Å². The Labute approximate surface area is 204 Å². The Bertz CT molecular complexity index is 742. The summed E-state index contributed by atoms with van der Waals surface area (Å²) in [5.41, 5.74) is -2.34. The maximum atomic E-state index is 13.6. The Morgan fingerprint density at radius 1 is 1.00 bits per heavy atom. The molecule has 0 aromatic rings. The average molecular weight is 481 g/mol. The Morgan fingerprint density at radius 3 is 1.97 bits per heavy atom. The van der Waals surface area contributed by atoms with Crippen LogP contribution < -0.4 is 10.6 Å². The van der Waals surface area contributed by atoms with E-state index in [-0.39, 0.29) is 36.1 Å². The predicted molar refractivity (Wildman–Crippen MR) is 132 cm³/mol. The van der Waals surface area contributed by atoms with Crippen LogP contribution in [-0.4, -0.2) is 70.4 Å². The van der Waals surface area contributed by atoms with Gasteiger partial charge in [0.15, 0.2) is 0 Å². The molecular weight excluding hydrogens is 437 g/mol. The summed E-state index contributed by atoms with van der Waals surface area (Å²) in [6.45, 7) is 15.9. The van der Waals surface area contributed by atoms with Crippen LogP contribution in [0.3, 0.4) is 0 Å². The molecule has 10 heteroatoms. The number of piperidine rings is 1. The highest BCUT2D eigenvalue weighted by Gasteiger charge is 2.51. The molecule has 2 rings (SSSR count). The summed E-state index contributed by atoms with van der Waals surface area (Å²) in [7, 11) is -0.303. The minimum absolute atomic E-state index is 0.161. The quantitative estimate of drug-likeness (QED) is 0.361. The molecule has 34 heavy (non-hydrogen) atoms. The van der Waals surface area contributed by atoms with E-state index < -0.39 is 17.2 Å². The fourth-order valence-electron chi connectivity index (χ4n) is 4.85. The van der Waals surface area contributed by atoms with Gasteiger partial charge in [0.25, 0.3) is 0 Å². The Hall–Kier alpha value is -1.81. The highest BCUT2D eigenvalue weighted by molar-refractivity contribution is 6.45. The van der Waals surface area contributed by atoms with E-state index >= 15 is 0 Å². The van der Waals surface area contributed by atoms with Gasteiger partial charge >= 0.3 is 13.2 Å². The van der Waals surface area contributed by atoms with Gasteiger partial charge in [0.05, 0.1) is 11.2 Å². The van der Waals surface area contributed by atoms with Crippen molar-refractivity contribution in [1.29, 1.82) is 0 Å². The third-order valence-electron chi connectivity index (χ3n) is 7.32. The highest BCUT2D eigenvalue weighted by atomic mass is 16.7. The maximum absolute atomic E-state index is 13.6. The topological polar surface area (TPSA) is 117 Å². The molecule has 0 saturated carbocycles. The molecule has 2 aliphatic heterocycles. The minimum Gasteiger partial charge on any atom is -0.465 e. The molecular formula is C24H44BN3O6. The van der Waals surface area contributed by atoms with Crippen LogP contribution in [0, 0.1) is 5.92 Å². The first-order chi connectivity index (χ1) is 15.5. The zero-order valence-corrected chi connectivity index (χ0v) is 22.2. The van der Waals surface area contributed by atoms with Crippen molar-refractivity contribution < 1.29 is 28.8 Å². The number of nitrogens with zero attached hydrogens (tertiary/aromatic N) is 1. The van der Waals surface area contributed by atoms with E-state index in [1.807, 2.05) is 48.5 Å². The molecule has 9 nitrogen and oxygen atoms in total. The first-order valence-corrected chi connectivity index (χ1v) is 12.4. The fourth-order valence-corrected chi connectivity index (χ4v) is 4.85. The van der Waals surface area contributed by atoms with E-state index in [0.29, 0.717) is 45.1 Å². The highest BCUT2D eigenvalue weighted by Crippen LogP contribution is 2.39. The average Bonchev–Trinajstić information content (AvgIpc) is 2.89. The molecule has 0 aliphatic carbocycles. The molecule has 0 bridgehead atoms. The lowest BCUT2D eigenvalue weighted by atomic mass is 9.72. The zero-order valence-electron chi connectivity index (χ0n) is 22.2. The lowest BCUT2D eigenvalue weighted by Gasteiger charge is -2.45. The van der Waals surface area contributed by atoms with Crippen molar-refractivity contribution in [1.82, 2.24) is 15.5 Å². The monoisotopic (exact) mass is 481 g/mol. The van der Waals surface area contributed by atoms with Crippen LogP contribution in [0.1, 0.15) is 87.5 Å². The number of carboxylic acid groups (broad SMARTS) is 1. The summed E-state index contributed by atoms with van der Waals surface area (Å²) in [6, 6.07) is 0. The van der Waals surface area contributed by atoms with Crippen molar-refractivity contribution >= 4 is 25.0 Å². The second kappa shape index (κ2) is 10.4. The number of nitrogens with one attached hydrogen (secondary N) is 2. The lowest BCUT2D eigenvalue weighted by molar-refractivity contribution is -0.138. The third-order valence-corrected chi connectivity index (χ3v) is 7.32. The number of rotatable bonds is 8. The summed E-state index contributed by atoms with van der Waals surface area (Å²) < 4.78 is 12.2. The zero-order chi connectivity index (χ0) is 25.9. The molecule has 2 fully saturated rings. The lowest BCUT2D eigenvalue weighted by Crippen LogP contribution is -2.66. The number of amides is 3. The molecule has 0 aromatic carbocycles. The molecule has 3 amide bonds. The number of likely N-dealkylation sites (tertiary alicyclic amines) is 1. The smallest absolute Gasteiger partial charge is 0.457 e. The second-order valence-electron chi connectivity index (χ2n) is 11.8. The van der Waals surface area contributed by atoms with Gasteiger partial charge in [-0.05, 0) is 80.0 Å². The van der Waals surface area contributed by atoms with Crippen LogP contribution in [0.15, 0.2) is 0 Å². The van der Waals surface area contributed by atoms with Crippen LogP contribution in [0.5, 0.6) is 0 Å².